The molecule has 0 aromatic heterocycles. The first-order chi connectivity index (χ1) is 8.22. The molecule has 0 aromatic carbocycles. The fourth-order valence-electron chi connectivity index (χ4n) is 2.32. The van der Waals surface area contributed by atoms with Gasteiger partial charge in [-0.1, -0.05) is 26.7 Å². The Morgan fingerprint density at radius 3 is 2.82 bits per heavy atom. The van der Waals surface area contributed by atoms with E-state index in [4.69, 9.17) is 4.74 Å². The van der Waals surface area contributed by atoms with Crippen LogP contribution in [0.25, 0.3) is 0 Å². The van der Waals surface area contributed by atoms with Crippen LogP contribution in [0, 0.1) is 5.92 Å². The molecule has 0 aliphatic carbocycles. The lowest BCUT2D eigenvalue weighted by molar-refractivity contribution is -0.126. The molecule has 0 radical (unpaired) electrons. The molecule has 1 fully saturated rings. The second-order valence-electron chi connectivity index (χ2n) is 4.79. The summed E-state index contributed by atoms with van der Waals surface area (Å²) in [5.41, 5.74) is 0. The molecule has 1 aliphatic heterocycles. The fraction of sp³-hybridized carbons (Fsp3) is 0.923. The second kappa shape index (κ2) is 7.67. The van der Waals surface area contributed by atoms with Gasteiger partial charge in [-0.2, -0.15) is 0 Å². The van der Waals surface area contributed by atoms with E-state index < -0.39 is 0 Å². The summed E-state index contributed by atoms with van der Waals surface area (Å²) >= 11 is 0. The molecule has 100 valence electrons. The number of unbranched alkanes of at least 4 members (excludes halogenated alkanes) is 1. The van der Waals surface area contributed by atoms with E-state index in [2.05, 4.69) is 24.5 Å². The summed E-state index contributed by atoms with van der Waals surface area (Å²) in [6.07, 6.45) is 4.31. The van der Waals surface area contributed by atoms with Crippen LogP contribution in [-0.4, -0.2) is 38.3 Å². The number of hydrogen-bond acceptors (Lipinski definition) is 3. The van der Waals surface area contributed by atoms with Crippen LogP contribution in [0.2, 0.25) is 0 Å². The van der Waals surface area contributed by atoms with Crippen molar-refractivity contribution in [2.45, 2.75) is 51.7 Å². The van der Waals surface area contributed by atoms with Crippen LogP contribution >= 0.6 is 0 Å². The molecule has 17 heavy (non-hydrogen) atoms. The van der Waals surface area contributed by atoms with Gasteiger partial charge in [0.2, 0.25) is 5.91 Å². The normalized spacial score (nSPS) is 25.8. The van der Waals surface area contributed by atoms with Crippen molar-refractivity contribution in [1.82, 2.24) is 10.6 Å². The molecule has 0 bridgehead atoms. The summed E-state index contributed by atoms with van der Waals surface area (Å²) in [5, 5.41) is 6.35. The van der Waals surface area contributed by atoms with E-state index in [1.807, 2.05) is 0 Å². The molecule has 2 unspecified atom stereocenters. The Labute approximate surface area is 104 Å². The van der Waals surface area contributed by atoms with Crippen molar-refractivity contribution >= 4 is 5.91 Å². The molecule has 0 aromatic rings. The van der Waals surface area contributed by atoms with Crippen molar-refractivity contribution < 1.29 is 9.53 Å². The average Bonchev–Trinajstić information content (AvgIpc) is 2.77. The van der Waals surface area contributed by atoms with E-state index >= 15 is 0 Å². The summed E-state index contributed by atoms with van der Waals surface area (Å²) in [4.78, 5) is 12.1. The molecule has 1 aliphatic rings. The Kier molecular flexibility index (Phi) is 6.52. The lowest BCUT2D eigenvalue weighted by Crippen LogP contribution is -2.45. The van der Waals surface area contributed by atoms with Crippen molar-refractivity contribution in [1.29, 1.82) is 0 Å². The number of methoxy groups -OCH3 is 1. The summed E-state index contributed by atoms with van der Waals surface area (Å²) in [7, 11) is 1.70. The average molecular weight is 242 g/mol. The number of hydrogen-bond donors (Lipinski definition) is 2. The summed E-state index contributed by atoms with van der Waals surface area (Å²) < 4.78 is 5.34. The minimum atomic E-state index is 0.114. The topological polar surface area (TPSA) is 50.4 Å². The fourth-order valence-corrected chi connectivity index (χ4v) is 2.32. The SMILES string of the molecule is CCCCC(CC)C(=O)NC1CNC[C@@H]1OC. The zero-order valence-corrected chi connectivity index (χ0v) is 11.3. The number of amides is 1. The molecule has 1 heterocycles. The maximum atomic E-state index is 12.1. The Hall–Kier alpha value is -0.610. The number of nitrogens with one attached hydrogen (secondary N) is 2. The first-order valence-corrected chi connectivity index (χ1v) is 6.76. The van der Waals surface area contributed by atoms with Gasteiger partial charge >= 0.3 is 0 Å². The maximum absolute atomic E-state index is 12.1. The van der Waals surface area contributed by atoms with E-state index in [0.29, 0.717) is 0 Å². The minimum absolute atomic E-state index is 0.114. The van der Waals surface area contributed by atoms with Gasteiger partial charge in [-0.25, -0.2) is 0 Å². The minimum Gasteiger partial charge on any atom is -0.378 e. The smallest absolute Gasteiger partial charge is 0.223 e. The van der Waals surface area contributed by atoms with Crippen LogP contribution in [0.15, 0.2) is 0 Å². The van der Waals surface area contributed by atoms with Gasteiger partial charge in [0, 0.05) is 26.1 Å². The maximum Gasteiger partial charge on any atom is 0.223 e. The van der Waals surface area contributed by atoms with Gasteiger partial charge in [0.1, 0.15) is 0 Å². The van der Waals surface area contributed by atoms with Crippen molar-refractivity contribution in [3.8, 4) is 0 Å². The molecule has 2 N–H and O–H groups in total. The first-order valence-electron chi connectivity index (χ1n) is 6.76. The van der Waals surface area contributed by atoms with Crippen LogP contribution in [0.1, 0.15) is 39.5 Å². The van der Waals surface area contributed by atoms with E-state index in [1.165, 1.54) is 0 Å². The molecular formula is C13H26N2O2. The lowest BCUT2D eigenvalue weighted by atomic mass is 9.98. The molecule has 0 saturated carbocycles. The van der Waals surface area contributed by atoms with E-state index in [-0.39, 0.29) is 24.0 Å². The highest BCUT2D eigenvalue weighted by atomic mass is 16.5. The predicted molar refractivity (Wildman–Crippen MR) is 68.9 cm³/mol. The van der Waals surface area contributed by atoms with Crippen molar-refractivity contribution in [2.24, 2.45) is 5.92 Å². The molecular weight excluding hydrogens is 216 g/mol. The van der Waals surface area contributed by atoms with Crippen molar-refractivity contribution in [2.75, 3.05) is 20.2 Å². The zero-order valence-electron chi connectivity index (χ0n) is 11.3. The molecule has 4 nitrogen and oxygen atoms in total. The molecule has 1 saturated heterocycles. The van der Waals surface area contributed by atoms with Gasteiger partial charge < -0.3 is 15.4 Å². The summed E-state index contributed by atoms with van der Waals surface area (Å²) in [6.45, 7) is 5.88. The standard InChI is InChI=1S/C13H26N2O2/c1-4-6-7-10(5-2)13(16)15-11-8-14-9-12(11)17-3/h10-12,14H,4-9H2,1-3H3,(H,15,16)/t10?,11?,12-/m0/s1. The highest BCUT2D eigenvalue weighted by Gasteiger charge is 2.29. The Morgan fingerprint density at radius 1 is 1.47 bits per heavy atom. The van der Waals surface area contributed by atoms with Crippen LogP contribution < -0.4 is 10.6 Å². The Balaban J connectivity index is 2.40. The third-order valence-electron chi connectivity index (χ3n) is 3.56. The zero-order chi connectivity index (χ0) is 12.7. The number of carbonyl (C=O) groups is 1. The van der Waals surface area contributed by atoms with Crippen molar-refractivity contribution in [3.63, 3.8) is 0 Å². The van der Waals surface area contributed by atoms with Crippen LogP contribution in [0.3, 0.4) is 0 Å². The third-order valence-corrected chi connectivity index (χ3v) is 3.56. The van der Waals surface area contributed by atoms with E-state index in [1.54, 1.807) is 7.11 Å². The highest BCUT2D eigenvalue weighted by molar-refractivity contribution is 5.79. The Morgan fingerprint density at radius 2 is 2.24 bits per heavy atom. The highest BCUT2D eigenvalue weighted by Crippen LogP contribution is 2.14. The van der Waals surface area contributed by atoms with Crippen molar-refractivity contribution in [3.05, 3.63) is 0 Å². The van der Waals surface area contributed by atoms with Gasteiger partial charge in [-0.15, -0.1) is 0 Å². The van der Waals surface area contributed by atoms with Crippen LogP contribution in [-0.2, 0) is 9.53 Å². The first kappa shape index (κ1) is 14.5. The summed E-state index contributed by atoms with van der Waals surface area (Å²) in [5.74, 6) is 0.352. The number of rotatable bonds is 7. The molecule has 3 atom stereocenters. The van der Waals surface area contributed by atoms with Gasteiger partial charge in [0.15, 0.2) is 0 Å². The Bertz CT molecular complexity index is 233. The van der Waals surface area contributed by atoms with Gasteiger partial charge in [-0.3, -0.25) is 4.79 Å². The van der Waals surface area contributed by atoms with Gasteiger partial charge in [0.05, 0.1) is 12.1 Å². The monoisotopic (exact) mass is 242 g/mol. The van der Waals surface area contributed by atoms with Crippen LogP contribution in [0.4, 0.5) is 0 Å². The third kappa shape index (κ3) is 4.28. The van der Waals surface area contributed by atoms with E-state index in [9.17, 15) is 4.79 Å². The molecule has 4 heteroatoms. The largest absolute Gasteiger partial charge is 0.378 e. The second-order valence-corrected chi connectivity index (χ2v) is 4.79. The number of carbonyl (C=O) groups excluding carboxylic acids is 1. The van der Waals surface area contributed by atoms with Gasteiger partial charge in [-0.05, 0) is 12.8 Å². The summed E-state index contributed by atoms with van der Waals surface area (Å²) in [6, 6.07) is 0.128. The predicted octanol–water partition coefficient (Wildman–Crippen LogP) is 1.31. The lowest BCUT2D eigenvalue weighted by Gasteiger charge is -2.22. The van der Waals surface area contributed by atoms with E-state index in [0.717, 1.165) is 38.8 Å². The molecule has 1 amide bonds. The molecule has 0 spiro atoms. The quantitative estimate of drug-likeness (QED) is 0.707. The molecule has 1 rings (SSSR count). The van der Waals surface area contributed by atoms with Gasteiger partial charge in [0.25, 0.3) is 0 Å². The van der Waals surface area contributed by atoms with Crippen LogP contribution in [0.5, 0.6) is 0 Å². The number of ether oxygens (including phenoxy) is 1.